The van der Waals surface area contributed by atoms with Gasteiger partial charge in [-0.15, -0.1) is 0 Å². The molecule has 0 bridgehead atoms. The summed E-state index contributed by atoms with van der Waals surface area (Å²) in [5, 5.41) is 5.96. The predicted molar refractivity (Wildman–Crippen MR) is 89.3 cm³/mol. The lowest BCUT2D eigenvalue weighted by atomic mass is 10.2. The van der Waals surface area contributed by atoms with E-state index in [2.05, 4.69) is 10.6 Å². The van der Waals surface area contributed by atoms with E-state index in [0.717, 1.165) is 17.4 Å². The van der Waals surface area contributed by atoms with Gasteiger partial charge < -0.3 is 15.4 Å². The minimum absolute atomic E-state index is 0.167. The SMILES string of the molecule is COc1ccc(CN[C@H](C)C(=O)Nc2ccc(F)cc2Cl)cc1. The lowest BCUT2D eigenvalue weighted by molar-refractivity contribution is -0.117. The number of carbonyl (C=O) groups excluding carboxylic acids is 1. The third kappa shape index (κ3) is 4.94. The van der Waals surface area contributed by atoms with E-state index >= 15 is 0 Å². The molecular weight excluding hydrogens is 319 g/mol. The molecule has 122 valence electrons. The number of methoxy groups -OCH3 is 1. The molecule has 0 spiro atoms. The monoisotopic (exact) mass is 336 g/mol. The molecule has 0 aromatic heterocycles. The van der Waals surface area contributed by atoms with Crippen molar-refractivity contribution in [3.8, 4) is 5.75 Å². The molecule has 0 aliphatic carbocycles. The molecule has 2 rings (SSSR count). The first-order valence-corrected chi connectivity index (χ1v) is 7.49. The summed E-state index contributed by atoms with van der Waals surface area (Å²) < 4.78 is 18.1. The highest BCUT2D eigenvalue weighted by atomic mass is 35.5. The highest BCUT2D eigenvalue weighted by molar-refractivity contribution is 6.33. The van der Waals surface area contributed by atoms with E-state index in [1.807, 2.05) is 24.3 Å². The third-order valence-corrected chi connectivity index (χ3v) is 3.67. The van der Waals surface area contributed by atoms with Gasteiger partial charge in [-0.25, -0.2) is 4.39 Å². The molecule has 0 aliphatic heterocycles. The Bertz CT molecular complexity index is 677. The fraction of sp³-hybridized carbons (Fsp3) is 0.235. The number of amides is 1. The van der Waals surface area contributed by atoms with Crippen LogP contribution in [0.3, 0.4) is 0 Å². The molecular formula is C17H18ClFN2O2. The van der Waals surface area contributed by atoms with Crippen LogP contribution in [-0.4, -0.2) is 19.1 Å². The Morgan fingerprint density at radius 2 is 1.96 bits per heavy atom. The van der Waals surface area contributed by atoms with Crippen molar-refractivity contribution in [3.05, 3.63) is 58.9 Å². The molecule has 2 N–H and O–H groups in total. The highest BCUT2D eigenvalue weighted by Crippen LogP contribution is 2.22. The van der Waals surface area contributed by atoms with Gasteiger partial charge in [0.05, 0.1) is 23.9 Å². The van der Waals surface area contributed by atoms with Gasteiger partial charge in [-0.05, 0) is 42.8 Å². The molecule has 2 aromatic rings. The maximum absolute atomic E-state index is 13.0. The first-order chi connectivity index (χ1) is 11.0. The average molecular weight is 337 g/mol. The minimum Gasteiger partial charge on any atom is -0.497 e. The van der Waals surface area contributed by atoms with Crippen LogP contribution in [0.25, 0.3) is 0 Å². The Balaban J connectivity index is 1.89. The summed E-state index contributed by atoms with van der Waals surface area (Å²) in [6.07, 6.45) is 0. The van der Waals surface area contributed by atoms with Crippen molar-refractivity contribution in [3.63, 3.8) is 0 Å². The van der Waals surface area contributed by atoms with E-state index in [-0.39, 0.29) is 10.9 Å². The molecule has 6 heteroatoms. The molecule has 4 nitrogen and oxygen atoms in total. The van der Waals surface area contributed by atoms with E-state index in [1.54, 1.807) is 14.0 Å². The topological polar surface area (TPSA) is 50.4 Å². The first-order valence-electron chi connectivity index (χ1n) is 7.12. The van der Waals surface area contributed by atoms with Gasteiger partial charge in [0, 0.05) is 6.54 Å². The molecule has 0 heterocycles. The summed E-state index contributed by atoms with van der Waals surface area (Å²) >= 11 is 5.89. The molecule has 0 unspecified atom stereocenters. The van der Waals surface area contributed by atoms with Gasteiger partial charge in [-0.1, -0.05) is 23.7 Å². The van der Waals surface area contributed by atoms with E-state index in [9.17, 15) is 9.18 Å². The van der Waals surface area contributed by atoms with Crippen LogP contribution in [0.4, 0.5) is 10.1 Å². The zero-order valence-electron chi connectivity index (χ0n) is 12.9. The van der Waals surface area contributed by atoms with Gasteiger partial charge >= 0.3 is 0 Å². The molecule has 0 fully saturated rings. The molecule has 0 saturated heterocycles. The summed E-state index contributed by atoms with van der Waals surface area (Å²) in [4.78, 5) is 12.1. The predicted octanol–water partition coefficient (Wildman–Crippen LogP) is 3.60. The van der Waals surface area contributed by atoms with Crippen molar-refractivity contribution < 1.29 is 13.9 Å². The molecule has 1 amide bonds. The van der Waals surface area contributed by atoms with Gasteiger partial charge in [0.2, 0.25) is 5.91 Å². The number of rotatable bonds is 6. The quantitative estimate of drug-likeness (QED) is 0.847. The second-order valence-corrected chi connectivity index (χ2v) is 5.47. The minimum atomic E-state index is -0.446. The van der Waals surface area contributed by atoms with Crippen molar-refractivity contribution >= 4 is 23.2 Å². The fourth-order valence-corrected chi connectivity index (χ4v) is 2.15. The van der Waals surface area contributed by atoms with Crippen molar-refractivity contribution in [1.82, 2.24) is 5.32 Å². The van der Waals surface area contributed by atoms with Crippen molar-refractivity contribution in [2.75, 3.05) is 12.4 Å². The summed E-state index contributed by atoms with van der Waals surface area (Å²) in [5.41, 5.74) is 1.42. The maximum atomic E-state index is 13.0. The van der Waals surface area contributed by atoms with Crippen LogP contribution in [-0.2, 0) is 11.3 Å². The Kier molecular flexibility index (Phi) is 5.96. The van der Waals surface area contributed by atoms with Crippen LogP contribution in [0.15, 0.2) is 42.5 Å². The van der Waals surface area contributed by atoms with Crippen LogP contribution in [0.2, 0.25) is 5.02 Å². The third-order valence-electron chi connectivity index (χ3n) is 3.35. The Labute approximate surface area is 139 Å². The Morgan fingerprint density at radius 1 is 1.26 bits per heavy atom. The van der Waals surface area contributed by atoms with E-state index in [0.29, 0.717) is 12.2 Å². The van der Waals surface area contributed by atoms with E-state index < -0.39 is 11.9 Å². The van der Waals surface area contributed by atoms with Crippen molar-refractivity contribution in [1.29, 1.82) is 0 Å². The number of nitrogens with one attached hydrogen (secondary N) is 2. The smallest absolute Gasteiger partial charge is 0.241 e. The van der Waals surface area contributed by atoms with Crippen LogP contribution in [0, 0.1) is 5.82 Å². The Morgan fingerprint density at radius 3 is 2.57 bits per heavy atom. The fourth-order valence-electron chi connectivity index (χ4n) is 1.94. The largest absolute Gasteiger partial charge is 0.497 e. The van der Waals surface area contributed by atoms with Crippen LogP contribution < -0.4 is 15.4 Å². The summed E-state index contributed by atoms with van der Waals surface area (Å²) in [6, 6.07) is 11.0. The standard InChI is InChI=1S/C17H18ClFN2O2/c1-11(20-10-12-3-6-14(23-2)7-4-12)17(22)21-16-8-5-13(19)9-15(16)18/h3-9,11,20H,10H2,1-2H3,(H,21,22)/t11-/m1/s1. The normalized spacial score (nSPS) is 11.8. The van der Waals surface area contributed by atoms with Gasteiger partial charge in [0.1, 0.15) is 11.6 Å². The molecule has 1 atom stereocenters. The van der Waals surface area contributed by atoms with Crippen LogP contribution in [0.5, 0.6) is 5.75 Å². The molecule has 2 aromatic carbocycles. The number of benzene rings is 2. The summed E-state index contributed by atoms with van der Waals surface area (Å²) in [7, 11) is 1.61. The number of carbonyl (C=O) groups is 1. The number of hydrogen-bond donors (Lipinski definition) is 2. The molecule has 0 aliphatic rings. The summed E-state index contributed by atoms with van der Waals surface area (Å²) in [6.45, 7) is 2.28. The maximum Gasteiger partial charge on any atom is 0.241 e. The van der Waals surface area contributed by atoms with Crippen LogP contribution in [0.1, 0.15) is 12.5 Å². The van der Waals surface area contributed by atoms with Crippen molar-refractivity contribution in [2.24, 2.45) is 0 Å². The molecule has 23 heavy (non-hydrogen) atoms. The number of hydrogen-bond acceptors (Lipinski definition) is 3. The highest BCUT2D eigenvalue weighted by Gasteiger charge is 2.14. The lowest BCUT2D eigenvalue weighted by Crippen LogP contribution is -2.37. The number of ether oxygens (including phenoxy) is 1. The van der Waals surface area contributed by atoms with Gasteiger partial charge in [-0.3, -0.25) is 4.79 Å². The van der Waals surface area contributed by atoms with Gasteiger partial charge in [0.25, 0.3) is 0 Å². The number of anilines is 1. The number of halogens is 2. The summed E-state index contributed by atoms with van der Waals surface area (Å²) in [5.74, 6) is 0.0937. The van der Waals surface area contributed by atoms with Crippen molar-refractivity contribution in [2.45, 2.75) is 19.5 Å². The van der Waals surface area contributed by atoms with E-state index in [1.165, 1.54) is 12.1 Å². The van der Waals surface area contributed by atoms with Gasteiger partial charge in [-0.2, -0.15) is 0 Å². The Hall–Kier alpha value is -2.11. The molecule has 0 saturated carbocycles. The first kappa shape index (κ1) is 17.2. The zero-order chi connectivity index (χ0) is 16.8. The van der Waals surface area contributed by atoms with Gasteiger partial charge in [0.15, 0.2) is 0 Å². The average Bonchev–Trinajstić information content (AvgIpc) is 2.55. The zero-order valence-corrected chi connectivity index (χ0v) is 13.7. The molecule has 0 radical (unpaired) electrons. The second-order valence-electron chi connectivity index (χ2n) is 5.06. The van der Waals surface area contributed by atoms with Crippen LogP contribution >= 0.6 is 11.6 Å². The van der Waals surface area contributed by atoms with E-state index in [4.69, 9.17) is 16.3 Å². The second kappa shape index (κ2) is 7.94. The lowest BCUT2D eigenvalue weighted by Gasteiger charge is -2.15.